The molecule has 3 aromatic rings. The zero-order valence-corrected chi connectivity index (χ0v) is 13.4. The molecule has 6 heteroatoms. The average molecular weight is 319 g/mol. The standard InChI is InChI=1S/C15H15ClN4S/c1-3-11-6-12-13(19-15(16)20-14(12)21-11)18-8-10-4-5-17-7-9(10)2/h4-7H,3,8H2,1-2H3,(H,18,19,20). The molecule has 0 aliphatic heterocycles. The Balaban J connectivity index is 1.93. The van der Waals surface area contributed by atoms with Crippen molar-refractivity contribution in [3.63, 3.8) is 0 Å². The Morgan fingerprint density at radius 1 is 1.33 bits per heavy atom. The van der Waals surface area contributed by atoms with Gasteiger partial charge in [-0.15, -0.1) is 11.3 Å². The van der Waals surface area contributed by atoms with E-state index < -0.39 is 0 Å². The van der Waals surface area contributed by atoms with Crippen molar-refractivity contribution in [3.05, 3.63) is 45.8 Å². The van der Waals surface area contributed by atoms with Gasteiger partial charge in [-0.2, -0.15) is 0 Å². The number of nitrogens with one attached hydrogen (secondary N) is 1. The fourth-order valence-electron chi connectivity index (χ4n) is 2.13. The van der Waals surface area contributed by atoms with E-state index in [0.717, 1.165) is 28.0 Å². The predicted octanol–water partition coefficient (Wildman–Crippen LogP) is 4.22. The molecule has 0 saturated carbocycles. The molecule has 0 aliphatic carbocycles. The summed E-state index contributed by atoms with van der Waals surface area (Å²) >= 11 is 7.69. The van der Waals surface area contributed by atoms with Gasteiger partial charge >= 0.3 is 0 Å². The van der Waals surface area contributed by atoms with Crippen LogP contribution in [0.5, 0.6) is 0 Å². The van der Waals surface area contributed by atoms with E-state index in [-0.39, 0.29) is 5.28 Å². The monoisotopic (exact) mass is 318 g/mol. The summed E-state index contributed by atoms with van der Waals surface area (Å²) in [5.41, 5.74) is 2.35. The second-order valence-corrected chi connectivity index (χ2v) is 6.24. The molecule has 4 nitrogen and oxygen atoms in total. The second-order valence-electron chi connectivity index (χ2n) is 4.78. The molecule has 0 spiro atoms. The number of hydrogen-bond donors (Lipinski definition) is 1. The van der Waals surface area contributed by atoms with E-state index >= 15 is 0 Å². The largest absolute Gasteiger partial charge is 0.365 e. The Kier molecular flexibility index (Phi) is 4.03. The van der Waals surface area contributed by atoms with E-state index in [1.807, 2.05) is 19.2 Å². The summed E-state index contributed by atoms with van der Waals surface area (Å²) in [5.74, 6) is 0.789. The summed E-state index contributed by atoms with van der Waals surface area (Å²) in [6.07, 6.45) is 4.65. The second kappa shape index (κ2) is 5.95. The summed E-state index contributed by atoms with van der Waals surface area (Å²) in [5, 5.41) is 4.68. The molecule has 3 aromatic heterocycles. The van der Waals surface area contributed by atoms with Gasteiger partial charge in [0, 0.05) is 23.8 Å². The van der Waals surface area contributed by atoms with Crippen molar-refractivity contribution in [1.29, 1.82) is 0 Å². The first kappa shape index (κ1) is 14.2. The van der Waals surface area contributed by atoms with Crippen LogP contribution in [0, 0.1) is 6.92 Å². The molecule has 0 unspecified atom stereocenters. The van der Waals surface area contributed by atoms with Gasteiger partial charge in [0.25, 0.3) is 0 Å². The Hall–Kier alpha value is -1.72. The van der Waals surface area contributed by atoms with Crippen molar-refractivity contribution in [2.45, 2.75) is 26.8 Å². The number of pyridine rings is 1. The van der Waals surface area contributed by atoms with Crippen molar-refractivity contribution in [3.8, 4) is 0 Å². The number of halogens is 1. The topological polar surface area (TPSA) is 50.7 Å². The van der Waals surface area contributed by atoms with Gasteiger partial charge < -0.3 is 5.32 Å². The van der Waals surface area contributed by atoms with Gasteiger partial charge in [-0.3, -0.25) is 4.98 Å². The van der Waals surface area contributed by atoms with E-state index in [2.05, 4.69) is 33.3 Å². The summed E-state index contributed by atoms with van der Waals surface area (Å²) in [7, 11) is 0. The van der Waals surface area contributed by atoms with Crippen LogP contribution in [-0.4, -0.2) is 15.0 Å². The number of aryl methyl sites for hydroxylation is 2. The van der Waals surface area contributed by atoms with Gasteiger partial charge in [-0.25, -0.2) is 9.97 Å². The number of anilines is 1. The van der Waals surface area contributed by atoms with Crippen LogP contribution in [0.1, 0.15) is 22.9 Å². The fourth-order valence-corrected chi connectivity index (χ4v) is 3.32. The minimum absolute atomic E-state index is 0.279. The zero-order chi connectivity index (χ0) is 14.8. The minimum atomic E-state index is 0.279. The Morgan fingerprint density at radius 2 is 2.19 bits per heavy atom. The average Bonchev–Trinajstić information content (AvgIpc) is 2.89. The highest BCUT2D eigenvalue weighted by Gasteiger charge is 2.10. The van der Waals surface area contributed by atoms with Gasteiger partial charge in [-0.05, 0) is 48.2 Å². The normalized spacial score (nSPS) is 11.0. The highest BCUT2D eigenvalue weighted by Crippen LogP contribution is 2.30. The lowest BCUT2D eigenvalue weighted by Gasteiger charge is -2.09. The Morgan fingerprint density at radius 3 is 2.95 bits per heavy atom. The lowest BCUT2D eigenvalue weighted by molar-refractivity contribution is 1.07. The summed E-state index contributed by atoms with van der Waals surface area (Å²) < 4.78 is 0. The van der Waals surface area contributed by atoms with Gasteiger partial charge in [0.1, 0.15) is 10.6 Å². The predicted molar refractivity (Wildman–Crippen MR) is 88.1 cm³/mol. The van der Waals surface area contributed by atoms with E-state index in [0.29, 0.717) is 6.54 Å². The van der Waals surface area contributed by atoms with E-state index in [9.17, 15) is 0 Å². The quantitative estimate of drug-likeness (QED) is 0.732. The lowest BCUT2D eigenvalue weighted by Crippen LogP contribution is -2.04. The Labute approximate surface area is 132 Å². The third kappa shape index (κ3) is 2.99. The Bertz CT molecular complexity index is 784. The molecule has 3 rings (SSSR count). The van der Waals surface area contributed by atoms with Crippen LogP contribution in [-0.2, 0) is 13.0 Å². The van der Waals surface area contributed by atoms with Crippen molar-refractivity contribution in [2.75, 3.05) is 5.32 Å². The SMILES string of the molecule is CCc1cc2c(NCc3ccncc3C)nc(Cl)nc2s1. The van der Waals surface area contributed by atoms with Gasteiger partial charge in [0.15, 0.2) is 0 Å². The molecule has 0 bridgehead atoms. The number of aromatic nitrogens is 3. The summed E-state index contributed by atoms with van der Waals surface area (Å²) in [6, 6.07) is 4.14. The number of fused-ring (bicyclic) bond motifs is 1. The van der Waals surface area contributed by atoms with Crippen LogP contribution in [0.3, 0.4) is 0 Å². The van der Waals surface area contributed by atoms with Crippen molar-refractivity contribution < 1.29 is 0 Å². The highest BCUT2D eigenvalue weighted by molar-refractivity contribution is 7.18. The third-order valence-corrected chi connectivity index (χ3v) is 4.69. The van der Waals surface area contributed by atoms with E-state index in [1.165, 1.54) is 10.4 Å². The molecule has 0 aliphatic rings. The molecule has 0 saturated heterocycles. The minimum Gasteiger partial charge on any atom is -0.365 e. The molecule has 0 amide bonds. The zero-order valence-electron chi connectivity index (χ0n) is 11.9. The van der Waals surface area contributed by atoms with Gasteiger partial charge in [0.05, 0.1) is 5.39 Å². The van der Waals surface area contributed by atoms with Gasteiger partial charge in [-0.1, -0.05) is 6.92 Å². The first-order chi connectivity index (χ1) is 10.2. The molecular weight excluding hydrogens is 304 g/mol. The smallest absolute Gasteiger partial charge is 0.225 e. The van der Waals surface area contributed by atoms with Crippen molar-refractivity contribution in [2.24, 2.45) is 0 Å². The van der Waals surface area contributed by atoms with Crippen LogP contribution in [0.25, 0.3) is 10.2 Å². The first-order valence-electron chi connectivity index (χ1n) is 6.76. The molecule has 0 radical (unpaired) electrons. The maximum absolute atomic E-state index is 6.02. The number of thiophene rings is 1. The van der Waals surface area contributed by atoms with Crippen molar-refractivity contribution >= 4 is 39.0 Å². The first-order valence-corrected chi connectivity index (χ1v) is 7.96. The van der Waals surface area contributed by atoms with Crippen LogP contribution >= 0.6 is 22.9 Å². The molecule has 21 heavy (non-hydrogen) atoms. The molecule has 0 fully saturated rings. The molecule has 108 valence electrons. The maximum Gasteiger partial charge on any atom is 0.225 e. The molecular formula is C15H15ClN4S. The number of rotatable bonds is 4. The van der Waals surface area contributed by atoms with Crippen LogP contribution < -0.4 is 5.32 Å². The molecule has 0 aromatic carbocycles. The van der Waals surface area contributed by atoms with Crippen LogP contribution in [0.4, 0.5) is 5.82 Å². The van der Waals surface area contributed by atoms with E-state index in [1.54, 1.807) is 17.5 Å². The lowest BCUT2D eigenvalue weighted by atomic mass is 10.1. The summed E-state index contributed by atoms with van der Waals surface area (Å²) in [6.45, 7) is 4.87. The molecule has 1 N–H and O–H groups in total. The highest BCUT2D eigenvalue weighted by atomic mass is 35.5. The van der Waals surface area contributed by atoms with Gasteiger partial charge in [0.2, 0.25) is 5.28 Å². The number of nitrogens with zero attached hydrogens (tertiary/aromatic N) is 3. The molecule has 3 heterocycles. The van der Waals surface area contributed by atoms with Crippen LogP contribution in [0.2, 0.25) is 5.28 Å². The van der Waals surface area contributed by atoms with Crippen LogP contribution in [0.15, 0.2) is 24.5 Å². The molecule has 0 atom stereocenters. The third-order valence-electron chi connectivity index (χ3n) is 3.35. The number of hydrogen-bond acceptors (Lipinski definition) is 5. The fraction of sp³-hybridized carbons (Fsp3) is 0.267. The van der Waals surface area contributed by atoms with E-state index in [4.69, 9.17) is 11.6 Å². The summed E-state index contributed by atoms with van der Waals surface area (Å²) in [4.78, 5) is 14.9. The van der Waals surface area contributed by atoms with Crippen molar-refractivity contribution in [1.82, 2.24) is 15.0 Å². The maximum atomic E-state index is 6.02.